The predicted octanol–water partition coefficient (Wildman–Crippen LogP) is 2.91. The lowest BCUT2D eigenvalue weighted by molar-refractivity contribution is -0.126. The van der Waals surface area contributed by atoms with Crippen LogP contribution in [0.5, 0.6) is 0 Å². The molecule has 0 atom stereocenters. The number of benzene rings is 1. The molecule has 0 aliphatic rings. The molecule has 4 heteroatoms. The van der Waals surface area contributed by atoms with Crippen LogP contribution in [-0.4, -0.2) is 26.7 Å². The molecule has 0 saturated carbocycles. The van der Waals surface area contributed by atoms with E-state index in [1.807, 2.05) is 39.8 Å². The first kappa shape index (κ1) is 18.5. The van der Waals surface area contributed by atoms with Gasteiger partial charge in [-0.3, -0.25) is 4.79 Å². The first-order valence-corrected chi connectivity index (χ1v) is 5.69. The van der Waals surface area contributed by atoms with Gasteiger partial charge in [-0.2, -0.15) is 0 Å². The molecular formula is C14H22O4. The molecule has 0 heterocycles. The second kappa shape index (κ2) is 11.6. The van der Waals surface area contributed by atoms with Gasteiger partial charge in [0.25, 0.3) is 6.47 Å². The third-order valence-electron chi connectivity index (χ3n) is 2.11. The molecule has 0 aliphatic heterocycles. The molecule has 1 aromatic carbocycles. The highest BCUT2D eigenvalue weighted by Crippen LogP contribution is 2.13. The van der Waals surface area contributed by atoms with Gasteiger partial charge in [-0.1, -0.05) is 26.0 Å². The summed E-state index contributed by atoms with van der Waals surface area (Å²) < 4.78 is 8.49. The Morgan fingerprint density at radius 3 is 2.06 bits per heavy atom. The van der Waals surface area contributed by atoms with Gasteiger partial charge in [0, 0.05) is 0 Å². The second-order valence-corrected chi connectivity index (χ2v) is 3.07. The maximum Gasteiger partial charge on any atom is 0.338 e. The van der Waals surface area contributed by atoms with E-state index < -0.39 is 0 Å². The molecule has 0 radical (unpaired) electrons. The molecule has 0 amide bonds. The van der Waals surface area contributed by atoms with Crippen molar-refractivity contribution in [3.63, 3.8) is 0 Å². The van der Waals surface area contributed by atoms with E-state index in [0.29, 0.717) is 12.0 Å². The highest BCUT2D eigenvalue weighted by Gasteiger charge is 2.08. The van der Waals surface area contributed by atoms with E-state index in [2.05, 4.69) is 9.47 Å². The Morgan fingerprint density at radius 1 is 1.17 bits per heavy atom. The molecule has 102 valence electrons. The van der Waals surface area contributed by atoms with Gasteiger partial charge in [0.2, 0.25) is 0 Å². The zero-order valence-electron chi connectivity index (χ0n) is 11.9. The van der Waals surface area contributed by atoms with Crippen LogP contribution in [0, 0.1) is 13.8 Å². The van der Waals surface area contributed by atoms with Gasteiger partial charge in [0.1, 0.15) is 0 Å². The fourth-order valence-corrected chi connectivity index (χ4v) is 1.08. The Bertz CT molecular complexity index is 359. The maximum atomic E-state index is 11.2. The van der Waals surface area contributed by atoms with Crippen LogP contribution in [0.25, 0.3) is 0 Å². The number of aryl methyl sites for hydroxylation is 1. The van der Waals surface area contributed by atoms with E-state index in [4.69, 9.17) is 4.79 Å². The fourth-order valence-electron chi connectivity index (χ4n) is 1.08. The molecule has 0 N–H and O–H groups in total. The molecule has 0 saturated heterocycles. The lowest BCUT2D eigenvalue weighted by atomic mass is 10.0. The van der Waals surface area contributed by atoms with E-state index >= 15 is 0 Å². The summed E-state index contributed by atoms with van der Waals surface area (Å²) in [6, 6.07) is 5.60. The Balaban J connectivity index is 0. The molecule has 0 unspecified atom stereocenters. The first-order chi connectivity index (χ1) is 8.58. The fraction of sp³-hybridized carbons (Fsp3) is 0.429. The van der Waals surface area contributed by atoms with Crippen molar-refractivity contribution in [1.29, 1.82) is 0 Å². The molecular weight excluding hydrogens is 232 g/mol. The SMILES string of the molecule is CC.COC(=O)c1cccc(C)c1C.COC=O. The quantitative estimate of drug-likeness (QED) is 0.601. The molecule has 1 aromatic rings. The Hall–Kier alpha value is -1.84. The van der Waals surface area contributed by atoms with Crippen LogP contribution in [0.15, 0.2) is 18.2 Å². The van der Waals surface area contributed by atoms with Crippen molar-refractivity contribution in [2.45, 2.75) is 27.7 Å². The van der Waals surface area contributed by atoms with Gasteiger partial charge < -0.3 is 9.47 Å². The minimum atomic E-state index is -0.267. The summed E-state index contributed by atoms with van der Waals surface area (Å²) in [6.07, 6.45) is 0. The van der Waals surface area contributed by atoms with Crippen LogP contribution < -0.4 is 0 Å². The summed E-state index contributed by atoms with van der Waals surface area (Å²) in [5.41, 5.74) is 2.75. The first-order valence-electron chi connectivity index (χ1n) is 5.69. The molecule has 0 aliphatic carbocycles. The lowest BCUT2D eigenvalue weighted by Crippen LogP contribution is -2.04. The zero-order valence-corrected chi connectivity index (χ0v) is 11.9. The van der Waals surface area contributed by atoms with Crippen LogP contribution in [0.4, 0.5) is 0 Å². The van der Waals surface area contributed by atoms with Crippen molar-refractivity contribution in [2.75, 3.05) is 14.2 Å². The van der Waals surface area contributed by atoms with E-state index in [9.17, 15) is 4.79 Å². The average molecular weight is 254 g/mol. The number of hydrogen-bond acceptors (Lipinski definition) is 4. The standard InChI is InChI=1S/C10H12O2.C2H4O2.C2H6/c1-7-5-4-6-9(8(7)2)10(11)12-3;1-4-2-3;1-2/h4-6H,1-3H3;2H,1H3;1-2H3. The Labute approximate surface area is 109 Å². The van der Waals surface area contributed by atoms with Crippen molar-refractivity contribution in [1.82, 2.24) is 0 Å². The Morgan fingerprint density at radius 2 is 1.67 bits per heavy atom. The number of hydrogen-bond donors (Lipinski definition) is 0. The van der Waals surface area contributed by atoms with Crippen LogP contribution in [0.3, 0.4) is 0 Å². The van der Waals surface area contributed by atoms with E-state index in [0.717, 1.165) is 11.1 Å². The normalized spacial score (nSPS) is 7.89. The number of rotatable bonds is 2. The predicted molar refractivity (Wildman–Crippen MR) is 71.7 cm³/mol. The van der Waals surface area contributed by atoms with Gasteiger partial charge in [0.05, 0.1) is 19.8 Å². The highest BCUT2D eigenvalue weighted by molar-refractivity contribution is 5.91. The van der Waals surface area contributed by atoms with Crippen LogP contribution >= 0.6 is 0 Å². The number of ether oxygens (including phenoxy) is 2. The van der Waals surface area contributed by atoms with Gasteiger partial charge in [0.15, 0.2) is 0 Å². The van der Waals surface area contributed by atoms with Crippen molar-refractivity contribution in [3.05, 3.63) is 34.9 Å². The number of esters is 1. The van der Waals surface area contributed by atoms with Gasteiger partial charge in [-0.05, 0) is 31.0 Å². The van der Waals surface area contributed by atoms with E-state index in [1.54, 1.807) is 6.07 Å². The molecule has 1 rings (SSSR count). The van der Waals surface area contributed by atoms with Crippen LogP contribution in [0.2, 0.25) is 0 Å². The van der Waals surface area contributed by atoms with Gasteiger partial charge >= 0.3 is 5.97 Å². The topological polar surface area (TPSA) is 52.6 Å². The average Bonchev–Trinajstić information content (AvgIpc) is 2.43. The van der Waals surface area contributed by atoms with Crippen molar-refractivity contribution in [2.24, 2.45) is 0 Å². The number of methoxy groups -OCH3 is 2. The van der Waals surface area contributed by atoms with Crippen molar-refractivity contribution >= 4 is 12.4 Å². The summed E-state index contributed by atoms with van der Waals surface area (Å²) in [4.78, 5) is 20.1. The zero-order chi connectivity index (χ0) is 14.6. The Kier molecular flexibility index (Phi) is 12.0. The largest absolute Gasteiger partial charge is 0.471 e. The summed E-state index contributed by atoms with van der Waals surface area (Å²) in [5, 5.41) is 0. The van der Waals surface area contributed by atoms with Crippen LogP contribution in [0.1, 0.15) is 35.3 Å². The molecule has 0 bridgehead atoms. The smallest absolute Gasteiger partial charge is 0.338 e. The van der Waals surface area contributed by atoms with Gasteiger partial charge in [-0.15, -0.1) is 0 Å². The second-order valence-electron chi connectivity index (χ2n) is 3.07. The molecule has 0 aromatic heterocycles. The van der Waals surface area contributed by atoms with Crippen LogP contribution in [-0.2, 0) is 14.3 Å². The van der Waals surface area contributed by atoms with E-state index in [1.165, 1.54) is 14.2 Å². The maximum absolute atomic E-state index is 11.2. The summed E-state index contributed by atoms with van der Waals surface area (Å²) in [6.45, 7) is 8.27. The molecule has 0 spiro atoms. The minimum Gasteiger partial charge on any atom is -0.471 e. The molecule has 0 fully saturated rings. The lowest BCUT2D eigenvalue weighted by Gasteiger charge is -2.05. The summed E-state index contributed by atoms with van der Waals surface area (Å²) in [7, 11) is 2.71. The van der Waals surface area contributed by atoms with Crippen molar-refractivity contribution < 1.29 is 19.1 Å². The highest BCUT2D eigenvalue weighted by atomic mass is 16.5. The van der Waals surface area contributed by atoms with Gasteiger partial charge in [-0.25, -0.2) is 4.79 Å². The summed E-state index contributed by atoms with van der Waals surface area (Å²) in [5.74, 6) is -0.267. The molecule has 4 nitrogen and oxygen atoms in total. The third-order valence-corrected chi connectivity index (χ3v) is 2.11. The molecule has 18 heavy (non-hydrogen) atoms. The number of carbonyl (C=O) groups excluding carboxylic acids is 2. The third kappa shape index (κ3) is 6.68. The number of carbonyl (C=O) groups is 2. The minimum absolute atomic E-state index is 0.267. The van der Waals surface area contributed by atoms with Crippen molar-refractivity contribution in [3.8, 4) is 0 Å². The monoisotopic (exact) mass is 254 g/mol. The summed E-state index contributed by atoms with van der Waals surface area (Å²) >= 11 is 0. The van der Waals surface area contributed by atoms with E-state index in [-0.39, 0.29) is 5.97 Å².